The Bertz CT molecular complexity index is 1810. The molecule has 1 aliphatic heterocycles. The summed E-state index contributed by atoms with van der Waals surface area (Å²) in [5, 5.41) is 11.4. The van der Waals surface area contributed by atoms with E-state index in [1.165, 1.54) is 9.47 Å². The van der Waals surface area contributed by atoms with Crippen molar-refractivity contribution in [2.24, 2.45) is 7.05 Å². The quantitative estimate of drug-likeness (QED) is 0.339. The van der Waals surface area contributed by atoms with Gasteiger partial charge in [0, 0.05) is 38.3 Å². The molecule has 0 aliphatic carbocycles. The maximum absolute atomic E-state index is 13.3. The fraction of sp³-hybridized carbons (Fsp3) is 0.200. The number of aromatic nitrogens is 3. The van der Waals surface area contributed by atoms with Crippen LogP contribution in [0.15, 0.2) is 75.9 Å². The number of aromatic hydroxyl groups is 1. The van der Waals surface area contributed by atoms with Crippen LogP contribution in [0.4, 0.5) is 5.95 Å². The van der Waals surface area contributed by atoms with Crippen LogP contribution in [-0.4, -0.2) is 51.1 Å². The van der Waals surface area contributed by atoms with Crippen molar-refractivity contribution in [2.45, 2.75) is 12.5 Å². The van der Waals surface area contributed by atoms with Crippen LogP contribution in [0.3, 0.4) is 0 Å². The Labute approximate surface area is 234 Å². The average Bonchev–Trinajstić information content (AvgIpc) is 3.39. The smallest absolute Gasteiger partial charge is 0.297 e. The summed E-state index contributed by atoms with van der Waals surface area (Å²) in [6, 6.07) is 19.9. The van der Waals surface area contributed by atoms with Crippen LogP contribution in [0.5, 0.6) is 5.75 Å². The molecule has 0 spiro atoms. The number of carbonyl (C=O) groups excluding carboxylic acids is 1. The second kappa shape index (κ2) is 9.84. The van der Waals surface area contributed by atoms with E-state index in [1.807, 2.05) is 59.5 Å². The summed E-state index contributed by atoms with van der Waals surface area (Å²) >= 11 is 6.74. The SMILES string of the molecule is CN(C)C(=O)c1ccc2c(c1)[C@@H](c1ccccc1Cl)N(c1nc(-c3nc4ccccc4o3)c(O)c(=O)n1C)CC2. The molecule has 40 heavy (non-hydrogen) atoms. The second-order valence-electron chi connectivity index (χ2n) is 9.94. The summed E-state index contributed by atoms with van der Waals surface area (Å²) in [6.07, 6.45) is 0.641. The maximum Gasteiger partial charge on any atom is 0.297 e. The number of nitrogens with zero attached hydrogens (tertiary/aromatic N) is 5. The van der Waals surface area contributed by atoms with Crippen LogP contribution < -0.4 is 10.5 Å². The van der Waals surface area contributed by atoms with E-state index in [9.17, 15) is 14.7 Å². The highest BCUT2D eigenvalue weighted by Gasteiger charge is 2.34. The molecule has 3 heterocycles. The van der Waals surface area contributed by atoms with E-state index in [-0.39, 0.29) is 17.5 Å². The minimum absolute atomic E-state index is 0.0446. The summed E-state index contributed by atoms with van der Waals surface area (Å²) < 4.78 is 7.17. The van der Waals surface area contributed by atoms with E-state index in [0.29, 0.717) is 40.6 Å². The summed E-state index contributed by atoms with van der Waals surface area (Å²) in [5.41, 5.74) is 3.71. The molecule has 1 N–H and O–H groups in total. The number of hydrogen-bond acceptors (Lipinski definition) is 7. The van der Waals surface area contributed by atoms with Gasteiger partial charge in [-0.05, 0) is 53.4 Å². The topological polar surface area (TPSA) is 105 Å². The number of oxazole rings is 1. The first-order chi connectivity index (χ1) is 19.2. The van der Waals surface area contributed by atoms with E-state index in [1.54, 1.807) is 33.3 Å². The summed E-state index contributed by atoms with van der Waals surface area (Å²) in [4.78, 5) is 38.9. The zero-order valence-corrected chi connectivity index (χ0v) is 22.9. The Kier molecular flexibility index (Phi) is 6.31. The third kappa shape index (κ3) is 4.19. The average molecular weight is 556 g/mol. The predicted molar refractivity (Wildman–Crippen MR) is 153 cm³/mol. The lowest BCUT2D eigenvalue weighted by Gasteiger charge is -2.39. The second-order valence-corrected chi connectivity index (χ2v) is 10.3. The molecule has 0 radical (unpaired) electrons. The molecule has 0 bridgehead atoms. The Morgan fingerprint density at radius 3 is 2.55 bits per heavy atom. The highest BCUT2D eigenvalue weighted by molar-refractivity contribution is 6.31. The molecule has 1 atom stereocenters. The fourth-order valence-corrected chi connectivity index (χ4v) is 5.45. The van der Waals surface area contributed by atoms with Crippen LogP contribution in [0.25, 0.3) is 22.7 Å². The lowest BCUT2D eigenvalue weighted by Crippen LogP contribution is -2.40. The van der Waals surface area contributed by atoms with Crippen molar-refractivity contribution in [1.29, 1.82) is 0 Å². The summed E-state index contributed by atoms with van der Waals surface area (Å²) in [7, 11) is 4.98. The van der Waals surface area contributed by atoms with E-state index in [4.69, 9.17) is 21.0 Å². The molecule has 10 heteroatoms. The highest BCUT2D eigenvalue weighted by atomic mass is 35.5. The molecule has 0 unspecified atom stereocenters. The van der Waals surface area contributed by atoms with Gasteiger partial charge < -0.3 is 19.3 Å². The van der Waals surface area contributed by atoms with Crippen LogP contribution in [0, 0.1) is 0 Å². The first-order valence-corrected chi connectivity index (χ1v) is 13.1. The fourth-order valence-electron chi connectivity index (χ4n) is 5.21. The number of para-hydroxylation sites is 2. The zero-order chi connectivity index (χ0) is 28.1. The standard InChI is InChI=1S/C30H26ClN5O4/c1-34(2)28(38)18-13-12-17-14-15-36(25(20(17)16-18)19-8-4-5-9-21(19)31)30-33-24(26(37)29(39)35(30)3)27-32-22-10-6-7-11-23(22)40-27/h4-13,16,25,37H,14-15H2,1-3H3/t25-/m1/s1. The van der Waals surface area contributed by atoms with Gasteiger partial charge in [-0.1, -0.05) is 48.0 Å². The largest absolute Gasteiger partial charge is 0.501 e. The van der Waals surface area contributed by atoms with Crippen molar-refractivity contribution in [1.82, 2.24) is 19.4 Å². The maximum atomic E-state index is 13.3. The minimum Gasteiger partial charge on any atom is -0.501 e. The van der Waals surface area contributed by atoms with Crippen LogP contribution in [0.1, 0.15) is 33.1 Å². The zero-order valence-electron chi connectivity index (χ0n) is 22.1. The third-order valence-electron chi connectivity index (χ3n) is 7.22. The molecule has 0 fully saturated rings. The Morgan fingerprint density at radius 2 is 1.80 bits per heavy atom. The van der Waals surface area contributed by atoms with E-state index in [0.717, 1.165) is 16.7 Å². The van der Waals surface area contributed by atoms with Gasteiger partial charge >= 0.3 is 0 Å². The normalized spacial score (nSPS) is 14.8. The minimum atomic E-state index is -0.637. The van der Waals surface area contributed by atoms with Crippen molar-refractivity contribution in [3.8, 4) is 17.3 Å². The summed E-state index contributed by atoms with van der Waals surface area (Å²) in [6.45, 7) is 0.502. The molecular formula is C30H26ClN5O4. The Hall–Kier alpha value is -4.63. The molecule has 6 rings (SSSR count). The van der Waals surface area contributed by atoms with Crippen molar-refractivity contribution >= 4 is 34.6 Å². The number of halogens is 1. The number of rotatable bonds is 4. The van der Waals surface area contributed by atoms with Crippen LogP contribution in [-0.2, 0) is 13.5 Å². The number of amides is 1. The third-order valence-corrected chi connectivity index (χ3v) is 7.57. The van der Waals surface area contributed by atoms with Gasteiger partial charge in [0.05, 0.1) is 6.04 Å². The number of carbonyl (C=O) groups is 1. The lowest BCUT2D eigenvalue weighted by molar-refractivity contribution is 0.0827. The first-order valence-electron chi connectivity index (χ1n) is 12.8. The van der Waals surface area contributed by atoms with Gasteiger partial charge in [-0.15, -0.1) is 0 Å². The molecular weight excluding hydrogens is 530 g/mol. The van der Waals surface area contributed by atoms with Gasteiger partial charge in [-0.3, -0.25) is 14.2 Å². The molecule has 9 nitrogen and oxygen atoms in total. The predicted octanol–water partition coefficient (Wildman–Crippen LogP) is 4.80. The van der Waals surface area contributed by atoms with Gasteiger partial charge in [0.15, 0.2) is 11.3 Å². The number of hydrogen-bond donors (Lipinski definition) is 1. The molecule has 1 aliphatic rings. The highest BCUT2D eigenvalue weighted by Crippen LogP contribution is 2.41. The van der Waals surface area contributed by atoms with Gasteiger partial charge in [-0.2, -0.15) is 0 Å². The lowest BCUT2D eigenvalue weighted by atomic mass is 9.87. The van der Waals surface area contributed by atoms with Crippen LogP contribution >= 0.6 is 11.6 Å². The molecule has 0 saturated heterocycles. The van der Waals surface area contributed by atoms with Gasteiger partial charge in [0.1, 0.15) is 5.52 Å². The van der Waals surface area contributed by atoms with E-state index >= 15 is 0 Å². The van der Waals surface area contributed by atoms with Gasteiger partial charge in [0.2, 0.25) is 11.7 Å². The van der Waals surface area contributed by atoms with Crippen molar-refractivity contribution in [3.63, 3.8) is 0 Å². The van der Waals surface area contributed by atoms with Crippen molar-refractivity contribution in [2.75, 3.05) is 25.5 Å². The Balaban J connectivity index is 1.57. The monoisotopic (exact) mass is 555 g/mol. The number of anilines is 1. The van der Waals surface area contributed by atoms with Crippen LogP contribution in [0.2, 0.25) is 5.02 Å². The molecule has 2 aromatic heterocycles. The van der Waals surface area contributed by atoms with E-state index < -0.39 is 17.4 Å². The molecule has 202 valence electrons. The Morgan fingerprint density at radius 1 is 1.05 bits per heavy atom. The van der Waals surface area contributed by atoms with Crippen molar-refractivity contribution in [3.05, 3.63) is 104 Å². The molecule has 5 aromatic rings. The molecule has 3 aromatic carbocycles. The molecule has 1 amide bonds. The van der Waals surface area contributed by atoms with Gasteiger partial charge in [-0.25, -0.2) is 9.97 Å². The summed E-state index contributed by atoms with van der Waals surface area (Å²) in [5.74, 6) is -0.321. The number of fused-ring (bicyclic) bond motifs is 2. The van der Waals surface area contributed by atoms with E-state index in [2.05, 4.69) is 4.98 Å². The van der Waals surface area contributed by atoms with Gasteiger partial charge in [0.25, 0.3) is 17.4 Å². The van der Waals surface area contributed by atoms with Crippen molar-refractivity contribution < 1.29 is 14.3 Å². The first kappa shape index (κ1) is 25.6. The molecule has 0 saturated carbocycles. The number of benzene rings is 3.